The summed E-state index contributed by atoms with van der Waals surface area (Å²) in [6, 6.07) is 11.7. The SMILES string of the molecule is Cc1cccc(Nc2nc(Nc3ccn4ccnc4c3)cc(N3CCOCC3)n2)n1. The summed E-state index contributed by atoms with van der Waals surface area (Å²) in [5, 5.41) is 6.61. The molecule has 2 N–H and O–H groups in total. The Hall–Kier alpha value is -3.72. The molecule has 5 rings (SSSR count). The molecule has 152 valence electrons. The van der Waals surface area contributed by atoms with Crippen LogP contribution in [0.3, 0.4) is 0 Å². The van der Waals surface area contributed by atoms with Gasteiger partial charge in [-0.15, -0.1) is 0 Å². The molecule has 0 saturated carbocycles. The van der Waals surface area contributed by atoms with E-state index < -0.39 is 0 Å². The average molecular weight is 402 g/mol. The lowest BCUT2D eigenvalue weighted by Gasteiger charge is -2.28. The number of morpholine rings is 1. The second kappa shape index (κ2) is 7.96. The third-order valence-electron chi connectivity index (χ3n) is 4.85. The fourth-order valence-electron chi connectivity index (χ4n) is 3.37. The van der Waals surface area contributed by atoms with E-state index in [1.807, 2.05) is 60.1 Å². The van der Waals surface area contributed by atoms with Gasteiger partial charge < -0.3 is 24.7 Å². The molecule has 0 unspecified atom stereocenters. The van der Waals surface area contributed by atoms with Gasteiger partial charge in [-0.25, -0.2) is 9.97 Å². The van der Waals surface area contributed by atoms with Crippen molar-refractivity contribution in [2.45, 2.75) is 6.92 Å². The number of nitrogens with one attached hydrogen (secondary N) is 2. The molecule has 9 nitrogen and oxygen atoms in total. The number of fused-ring (bicyclic) bond motifs is 1. The highest BCUT2D eigenvalue weighted by Gasteiger charge is 2.16. The summed E-state index contributed by atoms with van der Waals surface area (Å²) < 4.78 is 7.44. The Morgan fingerprint density at radius 2 is 1.83 bits per heavy atom. The van der Waals surface area contributed by atoms with Crippen molar-refractivity contribution in [3.8, 4) is 0 Å². The van der Waals surface area contributed by atoms with Gasteiger partial charge in [-0.05, 0) is 25.1 Å². The van der Waals surface area contributed by atoms with Gasteiger partial charge in [0.05, 0.1) is 13.2 Å². The molecule has 0 amide bonds. The Balaban J connectivity index is 1.47. The largest absolute Gasteiger partial charge is 0.378 e. The van der Waals surface area contributed by atoms with Crippen LogP contribution in [-0.2, 0) is 4.74 Å². The highest BCUT2D eigenvalue weighted by Crippen LogP contribution is 2.24. The number of anilines is 5. The van der Waals surface area contributed by atoms with Crippen LogP contribution in [0.25, 0.3) is 5.65 Å². The smallest absolute Gasteiger partial charge is 0.232 e. The molecule has 0 spiro atoms. The van der Waals surface area contributed by atoms with E-state index in [4.69, 9.17) is 9.72 Å². The zero-order valence-electron chi connectivity index (χ0n) is 16.6. The van der Waals surface area contributed by atoms with Crippen LogP contribution < -0.4 is 15.5 Å². The van der Waals surface area contributed by atoms with E-state index >= 15 is 0 Å². The molecule has 4 aromatic heterocycles. The Morgan fingerprint density at radius 3 is 2.70 bits per heavy atom. The summed E-state index contributed by atoms with van der Waals surface area (Å²) in [6.07, 6.45) is 5.65. The van der Waals surface area contributed by atoms with Crippen LogP contribution in [0.2, 0.25) is 0 Å². The standard InChI is InChI=1S/C21H22N8O/c1-15-3-2-4-17(23-15)25-21-26-18(14-20(27-21)29-9-11-30-12-10-29)24-16-5-7-28-8-6-22-19(28)13-16/h2-8,13-14H,9-12H2,1H3,(H2,23,24,25,26,27). The number of hydrogen-bond acceptors (Lipinski definition) is 8. The second-order valence-corrected chi connectivity index (χ2v) is 7.06. The molecule has 1 aliphatic rings. The Bertz CT molecular complexity index is 1170. The minimum absolute atomic E-state index is 0.487. The number of ether oxygens (including phenoxy) is 1. The summed E-state index contributed by atoms with van der Waals surface area (Å²) in [4.78, 5) is 20.4. The molecule has 5 heterocycles. The van der Waals surface area contributed by atoms with Crippen LogP contribution in [0.15, 0.2) is 55.0 Å². The van der Waals surface area contributed by atoms with Gasteiger partial charge in [-0.2, -0.15) is 9.97 Å². The molecule has 0 radical (unpaired) electrons. The van der Waals surface area contributed by atoms with Gasteiger partial charge in [0.2, 0.25) is 5.95 Å². The fraction of sp³-hybridized carbons (Fsp3) is 0.238. The molecule has 0 aliphatic carbocycles. The normalized spacial score (nSPS) is 14.1. The lowest BCUT2D eigenvalue weighted by atomic mass is 10.3. The molecule has 9 heteroatoms. The van der Waals surface area contributed by atoms with Gasteiger partial charge in [0.15, 0.2) is 0 Å². The molecular weight excluding hydrogens is 380 g/mol. The third-order valence-corrected chi connectivity index (χ3v) is 4.85. The van der Waals surface area contributed by atoms with Gasteiger partial charge in [0, 0.05) is 55.2 Å². The molecule has 0 bridgehead atoms. The topological polar surface area (TPSA) is 92.5 Å². The highest BCUT2D eigenvalue weighted by atomic mass is 16.5. The maximum Gasteiger partial charge on any atom is 0.232 e. The number of aromatic nitrogens is 5. The Morgan fingerprint density at radius 1 is 0.933 bits per heavy atom. The first kappa shape index (κ1) is 18.3. The molecule has 0 atom stereocenters. The quantitative estimate of drug-likeness (QED) is 0.526. The molecule has 1 fully saturated rings. The first-order valence-electron chi connectivity index (χ1n) is 9.85. The Labute approximate surface area is 173 Å². The summed E-state index contributed by atoms with van der Waals surface area (Å²) in [7, 11) is 0. The van der Waals surface area contributed by atoms with Gasteiger partial charge in [0.1, 0.15) is 23.1 Å². The molecule has 1 saturated heterocycles. The van der Waals surface area contributed by atoms with Crippen molar-refractivity contribution in [3.05, 3.63) is 60.7 Å². The number of rotatable bonds is 5. The summed E-state index contributed by atoms with van der Waals surface area (Å²) in [5.41, 5.74) is 2.69. The van der Waals surface area contributed by atoms with Gasteiger partial charge in [-0.3, -0.25) is 0 Å². The zero-order valence-corrected chi connectivity index (χ0v) is 16.6. The number of imidazole rings is 1. The van der Waals surface area contributed by atoms with Crippen LogP contribution in [-0.4, -0.2) is 50.6 Å². The predicted octanol–water partition coefficient (Wildman–Crippen LogP) is 3.15. The van der Waals surface area contributed by atoms with Crippen LogP contribution in [0.4, 0.5) is 29.1 Å². The Kier molecular flexibility index (Phi) is 4.86. The van der Waals surface area contributed by atoms with Crippen LogP contribution >= 0.6 is 0 Å². The van der Waals surface area contributed by atoms with Crippen LogP contribution in [0.1, 0.15) is 5.69 Å². The second-order valence-electron chi connectivity index (χ2n) is 7.06. The van der Waals surface area contributed by atoms with Crippen molar-refractivity contribution >= 4 is 34.7 Å². The molecule has 4 aromatic rings. The van der Waals surface area contributed by atoms with E-state index in [9.17, 15) is 0 Å². The summed E-state index contributed by atoms with van der Waals surface area (Å²) >= 11 is 0. The average Bonchev–Trinajstić information content (AvgIpc) is 3.22. The van der Waals surface area contributed by atoms with Crippen molar-refractivity contribution in [2.75, 3.05) is 41.8 Å². The third kappa shape index (κ3) is 4.01. The van der Waals surface area contributed by atoms with Crippen LogP contribution in [0.5, 0.6) is 0 Å². The minimum Gasteiger partial charge on any atom is -0.378 e. The highest BCUT2D eigenvalue weighted by molar-refractivity contribution is 5.65. The summed E-state index contributed by atoms with van der Waals surface area (Å²) in [5.74, 6) is 2.73. The van der Waals surface area contributed by atoms with E-state index in [0.29, 0.717) is 30.8 Å². The first-order chi connectivity index (χ1) is 14.7. The molecular formula is C21H22N8O. The van der Waals surface area contributed by atoms with Gasteiger partial charge >= 0.3 is 0 Å². The van der Waals surface area contributed by atoms with E-state index in [1.54, 1.807) is 6.20 Å². The fourth-order valence-corrected chi connectivity index (χ4v) is 3.37. The van der Waals surface area contributed by atoms with Crippen LogP contribution in [0, 0.1) is 6.92 Å². The number of pyridine rings is 2. The minimum atomic E-state index is 0.487. The lowest BCUT2D eigenvalue weighted by Crippen LogP contribution is -2.36. The van der Waals surface area contributed by atoms with E-state index in [-0.39, 0.29) is 0 Å². The zero-order chi connectivity index (χ0) is 20.3. The first-order valence-corrected chi connectivity index (χ1v) is 9.85. The van der Waals surface area contributed by atoms with Crippen molar-refractivity contribution in [2.24, 2.45) is 0 Å². The number of aryl methyl sites for hydroxylation is 1. The monoisotopic (exact) mass is 402 g/mol. The van der Waals surface area contributed by atoms with Gasteiger partial charge in [0.25, 0.3) is 0 Å². The maximum atomic E-state index is 5.48. The van der Waals surface area contributed by atoms with E-state index in [2.05, 4.69) is 30.5 Å². The molecule has 0 aromatic carbocycles. The summed E-state index contributed by atoms with van der Waals surface area (Å²) in [6.45, 7) is 4.91. The predicted molar refractivity (Wildman–Crippen MR) is 116 cm³/mol. The number of hydrogen-bond donors (Lipinski definition) is 2. The van der Waals surface area contributed by atoms with Crippen molar-refractivity contribution in [1.82, 2.24) is 24.3 Å². The van der Waals surface area contributed by atoms with E-state index in [0.717, 1.165) is 35.9 Å². The van der Waals surface area contributed by atoms with Gasteiger partial charge in [-0.1, -0.05) is 6.07 Å². The molecule has 1 aliphatic heterocycles. The van der Waals surface area contributed by atoms with Crippen molar-refractivity contribution in [1.29, 1.82) is 0 Å². The molecule has 30 heavy (non-hydrogen) atoms. The number of nitrogens with zero attached hydrogens (tertiary/aromatic N) is 6. The van der Waals surface area contributed by atoms with Crippen molar-refractivity contribution < 1.29 is 4.74 Å². The lowest BCUT2D eigenvalue weighted by molar-refractivity contribution is 0.122. The van der Waals surface area contributed by atoms with E-state index in [1.165, 1.54) is 0 Å². The maximum absolute atomic E-state index is 5.48. The van der Waals surface area contributed by atoms with Crippen molar-refractivity contribution in [3.63, 3.8) is 0 Å².